The quantitative estimate of drug-likeness (QED) is 0.751. The Morgan fingerprint density at radius 3 is 2.72 bits per heavy atom. The van der Waals surface area contributed by atoms with E-state index in [2.05, 4.69) is 29.5 Å². The van der Waals surface area contributed by atoms with Gasteiger partial charge in [-0.3, -0.25) is 4.79 Å². The Balaban J connectivity index is 2.22. The fourth-order valence-electron chi connectivity index (χ4n) is 1.59. The summed E-state index contributed by atoms with van der Waals surface area (Å²) < 4.78 is 1.99. The molecule has 0 aliphatic rings. The first-order chi connectivity index (χ1) is 8.50. The van der Waals surface area contributed by atoms with Gasteiger partial charge in [0, 0.05) is 39.0 Å². The Morgan fingerprint density at radius 2 is 2.17 bits per heavy atom. The molecule has 5 heteroatoms. The molecule has 0 spiro atoms. The number of hydrogen-bond donors (Lipinski definition) is 2. The molecule has 102 valence electrons. The summed E-state index contributed by atoms with van der Waals surface area (Å²) in [7, 11) is 1.97. The summed E-state index contributed by atoms with van der Waals surface area (Å²) in [5.41, 5.74) is 0. The van der Waals surface area contributed by atoms with Crippen molar-refractivity contribution >= 4 is 5.91 Å². The van der Waals surface area contributed by atoms with Crippen molar-refractivity contribution in [3.63, 3.8) is 0 Å². The molecule has 1 amide bonds. The lowest BCUT2D eigenvalue weighted by Gasteiger charge is -2.15. The average molecular weight is 252 g/mol. The summed E-state index contributed by atoms with van der Waals surface area (Å²) >= 11 is 0. The maximum Gasteiger partial charge on any atom is 0.236 e. The average Bonchev–Trinajstić information content (AvgIpc) is 2.72. The smallest absolute Gasteiger partial charge is 0.236 e. The van der Waals surface area contributed by atoms with E-state index in [1.54, 1.807) is 6.20 Å². The number of hydrogen-bond acceptors (Lipinski definition) is 3. The van der Waals surface area contributed by atoms with E-state index in [0.717, 1.165) is 25.3 Å². The van der Waals surface area contributed by atoms with Crippen LogP contribution < -0.4 is 10.6 Å². The van der Waals surface area contributed by atoms with Crippen LogP contribution in [0.15, 0.2) is 12.4 Å². The van der Waals surface area contributed by atoms with Crippen LogP contribution in [-0.4, -0.2) is 34.6 Å². The van der Waals surface area contributed by atoms with Gasteiger partial charge in [-0.2, -0.15) is 0 Å². The summed E-state index contributed by atoms with van der Waals surface area (Å²) in [6.07, 6.45) is 4.54. The van der Waals surface area contributed by atoms with E-state index in [1.165, 1.54) is 0 Å². The topological polar surface area (TPSA) is 59.0 Å². The third kappa shape index (κ3) is 4.87. The van der Waals surface area contributed by atoms with Crippen LogP contribution in [0.3, 0.4) is 0 Å². The first-order valence-corrected chi connectivity index (χ1v) is 6.48. The zero-order valence-corrected chi connectivity index (χ0v) is 11.7. The molecule has 1 atom stereocenters. The van der Waals surface area contributed by atoms with E-state index in [0.29, 0.717) is 5.92 Å². The van der Waals surface area contributed by atoms with Crippen LogP contribution in [0.1, 0.15) is 26.6 Å². The highest BCUT2D eigenvalue weighted by Crippen LogP contribution is 1.95. The molecular weight excluding hydrogens is 228 g/mol. The third-order valence-corrected chi connectivity index (χ3v) is 2.80. The SMILES string of the molecule is CC(C)CNC(=O)C(C)NCCc1nccn1C. The number of carbonyl (C=O) groups is 1. The maximum absolute atomic E-state index is 11.7. The van der Waals surface area contributed by atoms with Gasteiger partial charge in [0.15, 0.2) is 0 Å². The molecular formula is C13H24N4O. The van der Waals surface area contributed by atoms with Gasteiger partial charge in [0.2, 0.25) is 5.91 Å². The van der Waals surface area contributed by atoms with Gasteiger partial charge in [0.25, 0.3) is 0 Å². The fraction of sp³-hybridized carbons (Fsp3) is 0.692. The molecule has 2 N–H and O–H groups in total. The predicted molar refractivity (Wildman–Crippen MR) is 72.2 cm³/mol. The van der Waals surface area contributed by atoms with E-state index in [9.17, 15) is 4.79 Å². The molecule has 18 heavy (non-hydrogen) atoms. The van der Waals surface area contributed by atoms with Gasteiger partial charge in [0.05, 0.1) is 6.04 Å². The maximum atomic E-state index is 11.7. The highest BCUT2D eigenvalue weighted by atomic mass is 16.2. The van der Waals surface area contributed by atoms with Crippen LogP contribution in [0.5, 0.6) is 0 Å². The van der Waals surface area contributed by atoms with Crippen molar-refractivity contribution in [2.24, 2.45) is 13.0 Å². The van der Waals surface area contributed by atoms with Gasteiger partial charge >= 0.3 is 0 Å². The highest BCUT2D eigenvalue weighted by molar-refractivity contribution is 5.81. The molecule has 0 aliphatic carbocycles. The molecule has 1 aromatic rings. The zero-order chi connectivity index (χ0) is 13.5. The Hall–Kier alpha value is -1.36. The molecule has 0 aliphatic heterocycles. The minimum absolute atomic E-state index is 0.0588. The summed E-state index contributed by atoms with van der Waals surface area (Å²) in [4.78, 5) is 16.0. The normalized spacial score (nSPS) is 12.7. The lowest BCUT2D eigenvalue weighted by atomic mass is 10.2. The van der Waals surface area contributed by atoms with Crippen molar-refractivity contribution in [3.05, 3.63) is 18.2 Å². The minimum Gasteiger partial charge on any atom is -0.354 e. The lowest BCUT2D eigenvalue weighted by Crippen LogP contribution is -2.44. The number of nitrogens with one attached hydrogen (secondary N) is 2. The summed E-state index contributed by atoms with van der Waals surface area (Å²) in [5, 5.41) is 6.12. The molecule has 0 aromatic carbocycles. The molecule has 1 aromatic heterocycles. The number of aromatic nitrogens is 2. The van der Waals surface area contributed by atoms with Gasteiger partial charge in [-0.15, -0.1) is 0 Å². The van der Waals surface area contributed by atoms with E-state index in [4.69, 9.17) is 0 Å². The van der Waals surface area contributed by atoms with Gasteiger partial charge in [-0.25, -0.2) is 4.98 Å². The second-order valence-corrected chi connectivity index (χ2v) is 5.02. The van der Waals surface area contributed by atoms with Gasteiger partial charge in [-0.05, 0) is 12.8 Å². The van der Waals surface area contributed by atoms with Crippen LogP contribution in [0.25, 0.3) is 0 Å². The molecule has 1 heterocycles. The molecule has 1 rings (SSSR count). The van der Waals surface area contributed by atoms with E-state index >= 15 is 0 Å². The van der Waals surface area contributed by atoms with Crippen LogP contribution in [-0.2, 0) is 18.3 Å². The number of carbonyl (C=O) groups excluding carboxylic acids is 1. The molecule has 5 nitrogen and oxygen atoms in total. The Labute approximate surface area is 109 Å². The third-order valence-electron chi connectivity index (χ3n) is 2.80. The van der Waals surface area contributed by atoms with E-state index in [-0.39, 0.29) is 11.9 Å². The van der Waals surface area contributed by atoms with Crippen molar-refractivity contribution in [1.29, 1.82) is 0 Å². The van der Waals surface area contributed by atoms with Crippen LogP contribution in [0, 0.1) is 5.92 Å². The Bertz CT molecular complexity index is 373. The van der Waals surface area contributed by atoms with Gasteiger partial charge in [0.1, 0.15) is 5.82 Å². The van der Waals surface area contributed by atoms with Crippen LogP contribution in [0.2, 0.25) is 0 Å². The molecule has 0 radical (unpaired) electrons. The van der Waals surface area contributed by atoms with Crippen molar-refractivity contribution in [2.75, 3.05) is 13.1 Å². The summed E-state index contributed by atoms with van der Waals surface area (Å²) in [5.74, 6) is 1.56. The second-order valence-electron chi connectivity index (χ2n) is 5.02. The van der Waals surface area contributed by atoms with Crippen molar-refractivity contribution in [2.45, 2.75) is 33.2 Å². The Kier molecular flexibility index (Phi) is 5.85. The first-order valence-electron chi connectivity index (χ1n) is 6.48. The molecule has 0 saturated heterocycles. The molecule has 0 bridgehead atoms. The highest BCUT2D eigenvalue weighted by Gasteiger charge is 2.11. The largest absolute Gasteiger partial charge is 0.354 e. The molecule has 1 unspecified atom stereocenters. The monoisotopic (exact) mass is 252 g/mol. The van der Waals surface area contributed by atoms with E-state index in [1.807, 2.05) is 24.7 Å². The van der Waals surface area contributed by atoms with E-state index < -0.39 is 0 Å². The zero-order valence-electron chi connectivity index (χ0n) is 11.7. The van der Waals surface area contributed by atoms with Gasteiger partial charge < -0.3 is 15.2 Å². The number of nitrogens with zero attached hydrogens (tertiary/aromatic N) is 2. The van der Waals surface area contributed by atoms with Crippen LogP contribution in [0.4, 0.5) is 0 Å². The molecule has 0 saturated carbocycles. The predicted octanol–water partition coefficient (Wildman–Crippen LogP) is 0.713. The number of rotatable bonds is 7. The van der Waals surface area contributed by atoms with Crippen molar-refractivity contribution in [1.82, 2.24) is 20.2 Å². The lowest BCUT2D eigenvalue weighted by molar-refractivity contribution is -0.122. The number of imidazole rings is 1. The standard InChI is InChI=1S/C13H24N4O/c1-10(2)9-16-13(18)11(3)14-6-5-12-15-7-8-17(12)4/h7-8,10-11,14H,5-6,9H2,1-4H3,(H,16,18). The summed E-state index contributed by atoms with van der Waals surface area (Å²) in [6.45, 7) is 7.53. The number of aryl methyl sites for hydroxylation is 1. The van der Waals surface area contributed by atoms with Crippen molar-refractivity contribution < 1.29 is 4.79 Å². The first kappa shape index (κ1) is 14.7. The van der Waals surface area contributed by atoms with Crippen LogP contribution >= 0.6 is 0 Å². The Morgan fingerprint density at radius 1 is 1.44 bits per heavy atom. The minimum atomic E-state index is -0.163. The second kappa shape index (κ2) is 7.16. The van der Waals surface area contributed by atoms with Crippen molar-refractivity contribution in [3.8, 4) is 0 Å². The summed E-state index contributed by atoms with van der Waals surface area (Å²) in [6, 6.07) is -0.163. The number of amides is 1. The molecule has 0 fully saturated rings. The van der Waals surface area contributed by atoms with Gasteiger partial charge in [-0.1, -0.05) is 13.8 Å². The fourth-order valence-corrected chi connectivity index (χ4v) is 1.59.